The second-order valence-electron chi connectivity index (χ2n) is 5.08. The number of hydrogen-bond acceptors (Lipinski definition) is 4. The standard InChI is InChI=1S/C15H22N4O3.ClH/c1-10(16)6-7-14(21)19-12-5-3-2-4-11(12)15(22)18-9-8-13(17)20;/h2-5,10H,6-9,16H2,1H3,(H2,17,20)(H,18,22)(H,19,21);1H. The van der Waals surface area contributed by atoms with E-state index in [9.17, 15) is 14.4 Å². The van der Waals surface area contributed by atoms with Gasteiger partial charge in [-0.15, -0.1) is 12.4 Å². The van der Waals surface area contributed by atoms with E-state index in [4.69, 9.17) is 11.5 Å². The van der Waals surface area contributed by atoms with Crippen molar-refractivity contribution in [1.29, 1.82) is 0 Å². The summed E-state index contributed by atoms with van der Waals surface area (Å²) in [7, 11) is 0. The molecule has 23 heavy (non-hydrogen) atoms. The maximum absolute atomic E-state index is 12.1. The molecule has 0 aliphatic carbocycles. The van der Waals surface area contributed by atoms with Crippen LogP contribution >= 0.6 is 12.4 Å². The van der Waals surface area contributed by atoms with Crippen molar-refractivity contribution in [3.63, 3.8) is 0 Å². The van der Waals surface area contributed by atoms with Crippen molar-refractivity contribution in [3.8, 4) is 0 Å². The highest BCUT2D eigenvalue weighted by atomic mass is 35.5. The van der Waals surface area contributed by atoms with Crippen LogP contribution in [-0.4, -0.2) is 30.3 Å². The van der Waals surface area contributed by atoms with Gasteiger partial charge in [-0.1, -0.05) is 12.1 Å². The average Bonchev–Trinajstić information content (AvgIpc) is 2.45. The van der Waals surface area contributed by atoms with E-state index in [1.807, 2.05) is 6.92 Å². The predicted octanol–water partition coefficient (Wildman–Crippen LogP) is 0.780. The number of amides is 3. The zero-order valence-corrected chi connectivity index (χ0v) is 13.8. The van der Waals surface area contributed by atoms with Crippen molar-refractivity contribution < 1.29 is 14.4 Å². The lowest BCUT2D eigenvalue weighted by atomic mass is 10.1. The molecule has 128 valence electrons. The van der Waals surface area contributed by atoms with Gasteiger partial charge in [-0.05, 0) is 25.5 Å². The molecule has 6 N–H and O–H groups in total. The predicted molar refractivity (Wildman–Crippen MR) is 91.3 cm³/mol. The summed E-state index contributed by atoms with van der Waals surface area (Å²) in [5, 5.41) is 5.28. The zero-order valence-electron chi connectivity index (χ0n) is 13.0. The molecular formula is C15H23ClN4O3. The third-order valence-electron chi connectivity index (χ3n) is 2.93. The van der Waals surface area contributed by atoms with Gasteiger partial charge in [-0.2, -0.15) is 0 Å². The lowest BCUT2D eigenvalue weighted by Crippen LogP contribution is -2.29. The molecule has 1 atom stereocenters. The van der Waals surface area contributed by atoms with E-state index in [0.29, 0.717) is 17.7 Å². The number of carbonyl (C=O) groups excluding carboxylic acids is 3. The summed E-state index contributed by atoms with van der Waals surface area (Å²) >= 11 is 0. The minimum atomic E-state index is -0.488. The van der Waals surface area contributed by atoms with Crippen molar-refractivity contribution in [1.82, 2.24) is 5.32 Å². The highest BCUT2D eigenvalue weighted by Gasteiger charge is 2.13. The number of para-hydroxylation sites is 1. The second kappa shape index (κ2) is 10.6. The maximum atomic E-state index is 12.1. The molecule has 0 aliphatic rings. The van der Waals surface area contributed by atoms with E-state index < -0.39 is 5.91 Å². The highest BCUT2D eigenvalue weighted by Crippen LogP contribution is 2.15. The summed E-state index contributed by atoms with van der Waals surface area (Å²) in [6.45, 7) is 1.98. The Hall–Kier alpha value is -2.12. The quantitative estimate of drug-likeness (QED) is 0.556. The molecule has 0 bridgehead atoms. The molecule has 1 aromatic carbocycles. The van der Waals surface area contributed by atoms with Crippen LogP contribution in [-0.2, 0) is 9.59 Å². The molecule has 8 heteroatoms. The first-order valence-electron chi connectivity index (χ1n) is 7.11. The highest BCUT2D eigenvalue weighted by molar-refractivity contribution is 6.03. The third-order valence-corrected chi connectivity index (χ3v) is 2.93. The summed E-state index contributed by atoms with van der Waals surface area (Å²) in [5.74, 6) is -1.06. The number of anilines is 1. The molecule has 0 saturated carbocycles. The molecule has 0 fully saturated rings. The van der Waals surface area contributed by atoms with E-state index in [1.54, 1.807) is 24.3 Å². The number of nitrogens with one attached hydrogen (secondary N) is 2. The summed E-state index contributed by atoms with van der Waals surface area (Å²) < 4.78 is 0. The Kier molecular flexibility index (Phi) is 9.60. The minimum absolute atomic E-state index is 0. The first-order valence-corrected chi connectivity index (χ1v) is 7.11. The fourth-order valence-corrected chi connectivity index (χ4v) is 1.76. The molecule has 1 aromatic rings. The molecule has 0 heterocycles. The van der Waals surface area contributed by atoms with Crippen molar-refractivity contribution in [3.05, 3.63) is 29.8 Å². The first-order chi connectivity index (χ1) is 10.4. The smallest absolute Gasteiger partial charge is 0.253 e. The average molecular weight is 343 g/mol. The molecule has 0 aromatic heterocycles. The van der Waals surface area contributed by atoms with Gasteiger partial charge in [0.1, 0.15) is 0 Å². The van der Waals surface area contributed by atoms with Gasteiger partial charge in [-0.3, -0.25) is 14.4 Å². The van der Waals surface area contributed by atoms with Crippen LogP contribution in [0.4, 0.5) is 5.69 Å². The van der Waals surface area contributed by atoms with Gasteiger partial charge >= 0.3 is 0 Å². The Morgan fingerprint density at radius 1 is 1.17 bits per heavy atom. The van der Waals surface area contributed by atoms with Crippen LogP contribution in [0.3, 0.4) is 0 Å². The van der Waals surface area contributed by atoms with Crippen LogP contribution in [0.15, 0.2) is 24.3 Å². The van der Waals surface area contributed by atoms with E-state index in [0.717, 1.165) is 0 Å². The fraction of sp³-hybridized carbons (Fsp3) is 0.400. The third kappa shape index (κ3) is 8.18. The lowest BCUT2D eigenvalue weighted by molar-refractivity contribution is -0.118. The van der Waals surface area contributed by atoms with Crippen molar-refractivity contribution in [2.45, 2.75) is 32.2 Å². The number of halogens is 1. The normalized spacial score (nSPS) is 11.0. The van der Waals surface area contributed by atoms with E-state index >= 15 is 0 Å². The summed E-state index contributed by atoms with van der Waals surface area (Å²) in [5.41, 5.74) is 11.4. The van der Waals surface area contributed by atoms with Crippen LogP contribution in [0.2, 0.25) is 0 Å². The molecule has 3 amide bonds. The Balaban J connectivity index is 0.00000484. The van der Waals surface area contributed by atoms with Gasteiger partial charge in [0.2, 0.25) is 11.8 Å². The summed E-state index contributed by atoms with van der Waals surface area (Å²) in [6.07, 6.45) is 0.919. The van der Waals surface area contributed by atoms with E-state index in [2.05, 4.69) is 10.6 Å². The molecule has 7 nitrogen and oxygen atoms in total. The topological polar surface area (TPSA) is 127 Å². The maximum Gasteiger partial charge on any atom is 0.253 e. The number of benzene rings is 1. The number of nitrogens with two attached hydrogens (primary N) is 2. The Bertz CT molecular complexity index is 549. The van der Waals surface area contributed by atoms with Crippen LogP contribution in [0.25, 0.3) is 0 Å². The molecule has 0 saturated heterocycles. The van der Waals surface area contributed by atoms with Crippen molar-refractivity contribution in [2.75, 3.05) is 11.9 Å². The Morgan fingerprint density at radius 3 is 2.43 bits per heavy atom. The largest absolute Gasteiger partial charge is 0.370 e. The molecular weight excluding hydrogens is 320 g/mol. The molecule has 1 rings (SSSR count). The summed E-state index contributed by atoms with van der Waals surface area (Å²) in [4.78, 5) is 34.6. The van der Waals surface area contributed by atoms with Crippen LogP contribution in [0.1, 0.15) is 36.5 Å². The van der Waals surface area contributed by atoms with Gasteiger partial charge in [0, 0.05) is 25.4 Å². The SMILES string of the molecule is CC(N)CCC(=O)Nc1ccccc1C(=O)NCCC(N)=O.Cl. The van der Waals surface area contributed by atoms with Gasteiger partial charge in [0.25, 0.3) is 5.91 Å². The Labute approximate surface area is 141 Å². The van der Waals surface area contributed by atoms with Crippen LogP contribution in [0, 0.1) is 0 Å². The van der Waals surface area contributed by atoms with Crippen molar-refractivity contribution in [2.24, 2.45) is 11.5 Å². The number of carbonyl (C=O) groups is 3. The number of rotatable bonds is 8. The van der Waals surface area contributed by atoms with E-state index in [-0.39, 0.29) is 49.6 Å². The Morgan fingerprint density at radius 2 is 1.83 bits per heavy atom. The lowest BCUT2D eigenvalue weighted by Gasteiger charge is -2.11. The molecule has 1 unspecified atom stereocenters. The minimum Gasteiger partial charge on any atom is -0.370 e. The van der Waals surface area contributed by atoms with Gasteiger partial charge < -0.3 is 22.1 Å². The monoisotopic (exact) mass is 342 g/mol. The second-order valence-corrected chi connectivity index (χ2v) is 5.08. The number of primary amides is 1. The van der Waals surface area contributed by atoms with Gasteiger partial charge in [0.05, 0.1) is 11.3 Å². The van der Waals surface area contributed by atoms with Gasteiger partial charge in [-0.25, -0.2) is 0 Å². The fourth-order valence-electron chi connectivity index (χ4n) is 1.76. The summed E-state index contributed by atoms with van der Waals surface area (Å²) in [6, 6.07) is 6.60. The van der Waals surface area contributed by atoms with Crippen LogP contribution in [0.5, 0.6) is 0 Å². The zero-order chi connectivity index (χ0) is 16.5. The molecule has 0 radical (unpaired) electrons. The first kappa shape index (κ1) is 20.9. The van der Waals surface area contributed by atoms with Gasteiger partial charge in [0.15, 0.2) is 0 Å². The number of hydrogen-bond donors (Lipinski definition) is 4. The van der Waals surface area contributed by atoms with Crippen LogP contribution < -0.4 is 22.1 Å². The molecule has 0 spiro atoms. The van der Waals surface area contributed by atoms with E-state index in [1.165, 1.54) is 0 Å². The molecule has 0 aliphatic heterocycles. The van der Waals surface area contributed by atoms with Crippen molar-refractivity contribution >= 4 is 35.8 Å².